The normalized spacial score (nSPS) is 15.4. The highest BCUT2D eigenvalue weighted by Gasteiger charge is 2.20. The number of nitrogens with zero attached hydrogens (tertiary/aromatic N) is 1. The minimum absolute atomic E-state index is 0.200. The lowest BCUT2D eigenvalue weighted by atomic mass is 9.82. The number of aromatic nitrogens is 1. The van der Waals surface area contributed by atoms with E-state index in [0.717, 1.165) is 26.0 Å². The Balaban J connectivity index is 0.000000861. The maximum absolute atomic E-state index is 7.00. The molecule has 0 bridgehead atoms. The Labute approximate surface area is 117 Å². The molecular weight excluding hydrogens is 236 g/mol. The summed E-state index contributed by atoms with van der Waals surface area (Å²) >= 11 is 0. The van der Waals surface area contributed by atoms with Gasteiger partial charge in [-0.3, -0.25) is 4.98 Å². The molecule has 108 valence electrons. The Hall–Kier alpha value is -0.930. The summed E-state index contributed by atoms with van der Waals surface area (Å²) in [6.45, 7) is 7.60. The van der Waals surface area contributed by atoms with Crippen molar-refractivity contribution in [1.29, 1.82) is 0 Å². The molecule has 2 rings (SSSR count). The number of hydrogen-bond acceptors (Lipinski definition) is 3. The van der Waals surface area contributed by atoms with Crippen LogP contribution in [0.4, 0.5) is 0 Å². The molecule has 1 aliphatic carbocycles. The third-order valence-corrected chi connectivity index (χ3v) is 3.39. The van der Waals surface area contributed by atoms with Gasteiger partial charge < -0.3 is 10.4 Å². The highest BCUT2D eigenvalue weighted by atomic mass is 16.2. The van der Waals surface area contributed by atoms with Gasteiger partial charge in [-0.05, 0) is 45.7 Å². The van der Waals surface area contributed by atoms with Gasteiger partial charge in [-0.15, -0.1) is 0 Å². The lowest BCUT2D eigenvalue weighted by Gasteiger charge is -2.25. The fourth-order valence-corrected chi connectivity index (χ4v) is 2.13. The molecule has 1 aromatic heterocycles. The van der Waals surface area contributed by atoms with Crippen molar-refractivity contribution < 1.29 is 5.11 Å². The lowest BCUT2D eigenvalue weighted by molar-refractivity contribution is 0.399. The molecule has 1 aliphatic rings. The molecular formula is C16H28N2O. The summed E-state index contributed by atoms with van der Waals surface area (Å²) in [4.78, 5) is 4.77. The number of aliphatic hydroxyl groups is 1. The smallest absolute Gasteiger partial charge is 0.0437 e. The monoisotopic (exact) mass is 264 g/mol. The van der Waals surface area contributed by atoms with Crippen LogP contribution in [0.3, 0.4) is 0 Å². The van der Waals surface area contributed by atoms with E-state index in [2.05, 4.69) is 44.3 Å². The van der Waals surface area contributed by atoms with Crippen LogP contribution in [0.1, 0.15) is 57.3 Å². The zero-order valence-corrected chi connectivity index (χ0v) is 12.7. The fraction of sp³-hybridized carbons (Fsp3) is 0.688. The molecule has 19 heavy (non-hydrogen) atoms. The summed E-state index contributed by atoms with van der Waals surface area (Å²) in [6.07, 6.45) is 5.06. The second-order valence-electron chi connectivity index (χ2n) is 6.11. The second-order valence-corrected chi connectivity index (χ2v) is 6.11. The van der Waals surface area contributed by atoms with Crippen molar-refractivity contribution in [3.05, 3.63) is 29.6 Å². The molecule has 1 aromatic rings. The van der Waals surface area contributed by atoms with Gasteiger partial charge in [-0.1, -0.05) is 12.5 Å². The summed E-state index contributed by atoms with van der Waals surface area (Å²) in [7, 11) is 1.00. The van der Waals surface area contributed by atoms with Crippen molar-refractivity contribution >= 4 is 0 Å². The van der Waals surface area contributed by atoms with E-state index in [-0.39, 0.29) is 5.54 Å². The second kappa shape index (κ2) is 7.61. The molecule has 0 aliphatic heterocycles. The SMILES string of the molecule is CC(C)(C)NCCc1cccc(C2CCC2)n1.CO. The van der Waals surface area contributed by atoms with Crippen molar-refractivity contribution in [3.63, 3.8) is 0 Å². The van der Waals surface area contributed by atoms with E-state index in [0.29, 0.717) is 0 Å². The van der Waals surface area contributed by atoms with Crippen LogP contribution in [0.15, 0.2) is 18.2 Å². The Morgan fingerprint density at radius 1 is 1.26 bits per heavy atom. The molecule has 0 aromatic carbocycles. The van der Waals surface area contributed by atoms with Gasteiger partial charge in [-0.2, -0.15) is 0 Å². The van der Waals surface area contributed by atoms with E-state index in [1.54, 1.807) is 0 Å². The molecule has 2 N–H and O–H groups in total. The third-order valence-electron chi connectivity index (χ3n) is 3.39. The van der Waals surface area contributed by atoms with Crippen LogP contribution in [-0.2, 0) is 6.42 Å². The molecule has 0 radical (unpaired) electrons. The van der Waals surface area contributed by atoms with E-state index in [4.69, 9.17) is 10.1 Å². The molecule has 0 atom stereocenters. The molecule has 3 heteroatoms. The lowest BCUT2D eigenvalue weighted by Crippen LogP contribution is -2.37. The number of aliphatic hydroxyl groups excluding tert-OH is 1. The van der Waals surface area contributed by atoms with Crippen LogP contribution >= 0.6 is 0 Å². The quantitative estimate of drug-likeness (QED) is 0.879. The Bertz CT molecular complexity index is 367. The minimum atomic E-state index is 0.200. The third kappa shape index (κ3) is 5.70. The van der Waals surface area contributed by atoms with Crippen molar-refractivity contribution in [3.8, 4) is 0 Å². The first-order chi connectivity index (χ1) is 9.04. The fourth-order valence-electron chi connectivity index (χ4n) is 2.13. The predicted octanol–water partition coefficient (Wildman–Crippen LogP) is 2.89. The van der Waals surface area contributed by atoms with Crippen LogP contribution in [0, 0.1) is 0 Å². The molecule has 1 saturated carbocycles. The van der Waals surface area contributed by atoms with E-state index < -0.39 is 0 Å². The van der Waals surface area contributed by atoms with Gasteiger partial charge in [0.15, 0.2) is 0 Å². The predicted molar refractivity (Wildman–Crippen MR) is 80.4 cm³/mol. The number of rotatable bonds is 4. The summed E-state index contributed by atoms with van der Waals surface area (Å²) in [6, 6.07) is 6.49. The maximum Gasteiger partial charge on any atom is 0.0437 e. The first-order valence-corrected chi connectivity index (χ1v) is 7.20. The van der Waals surface area contributed by atoms with E-state index >= 15 is 0 Å². The van der Waals surface area contributed by atoms with Crippen molar-refractivity contribution in [2.24, 2.45) is 0 Å². The highest BCUT2D eigenvalue weighted by Crippen LogP contribution is 2.35. The zero-order valence-electron chi connectivity index (χ0n) is 12.7. The summed E-state index contributed by atoms with van der Waals surface area (Å²) < 4.78 is 0. The molecule has 3 nitrogen and oxygen atoms in total. The number of nitrogens with one attached hydrogen (secondary N) is 1. The molecule has 1 fully saturated rings. The van der Waals surface area contributed by atoms with Crippen molar-refractivity contribution in [1.82, 2.24) is 10.3 Å². The zero-order chi connectivity index (χ0) is 14.3. The van der Waals surface area contributed by atoms with Crippen LogP contribution < -0.4 is 5.32 Å². The summed E-state index contributed by atoms with van der Waals surface area (Å²) in [5.74, 6) is 0.741. The Kier molecular flexibility index (Phi) is 6.46. The van der Waals surface area contributed by atoms with Crippen LogP contribution in [0.5, 0.6) is 0 Å². The molecule has 0 spiro atoms. The topological polar surface area (TPSA) is 45.2 Å². The molecule has 1 heterocycles. The maximum atomic E-state index is 7.00. The van der Waals surface area contributed by atoms with E-state index in [1.165, 1.54) is 30.7 Å². The first kappa shape index (κ1) is 16.1. The standard InChI is InChI=1S/C15H24N2.CH4O/c1-15(2,3)16-11-10-13-8-5-9-14(17-13)12-6-4-7-12;1-2/h5,8-9,12,16H,4,6-7,10-11H2,1-3H3;2H,1H3. The van der Waals surface area contributed by atoms with Crippen LogP contribution in [0.25, 0.3) is 0 Å². The average molecular weight is 264 g/mol. The Morgan fingerprint density at radius 3 is 2.47 bits per heavy atom. The van der Waals surface area contributed by atoms with Gasteiger partial charge in [-0.25, -0.2) is 0 Å². The summed E-state index contributed by atoms with van der Waals surface area (Å²) in [5, 5.41) is 10.5. The van der Waals surface area contributed by atoms with Gasteiger partial charge in [0.05, 0.1) is 0 Å². The number of hydrogen-bond donors (Lipinski definition) is 2. The molecule has 0 saturated heterocycles. The summed E-state index contributed by atoms with van der Waals surface area (Å²) in [5.41, 5.74) is 2.74. The van der Waals surface area contributed by atoms with Gasteiger partial charge in [0.2, 0.25) is 0 Å². The van der Waals surface area contributed by atoms with Gasteiger partial charge in [0, 0.05) is 42.9 Å². The van der Waals surface area contributed by atoms with Gasteiger partial charge in [0.25, 0.3) is 0 Å². The minimum Gasteiger partial charge on any atom is -0.400 e. The van der Waals surface area contributed by atoms with E-state index in [9.17, 15) is 0 Å². The van der Waals surface area contributed by atoms with Crippen LogP contribution in [0.2, 0.25) is 0 Å². The molecule has 0 unspecified atom stereocenters. The van der Waals surface area contributed by atoms with Crippen LogP contribution in [-0.4, -0.2) is 29.3 Å². The highest BCUT2D eigenvalue weighted by molar-refractivity contribution is 5.16. The van der Waals surface area contributed by atoms with E-state index in [1.807, 2.05) is 0 Å². The largest absolute Gasteiger partial charge is 0.400 e. The van der Waals surface area contributed by atoms with Gasteiger partial charge in [0.1, 0.15) is 0 Å². The Morgan fingerprint density at radius 2 is 1.95 bits per heavy atom. The average Bonchev–Trinajstić information content (AvgIpc) is 2.28. The van der Waals surface area contributed by atoms with Crippen molar-refractivity contribution in [2.45, 2.75) is 57.9 Å². The number of pyridine rings is 1. The van der Waals surface area contributed by atoms with Gasteiger partial charge >= 0.3 is 0 Å². The van der Waals surface area contributed by atoms with Crippen molar-refractivity contribution in [2.75, 3.05) is 13.7 Å². The first-order valence-electron chi connectivity index (χ1n) is 7.20. The molecule has 0 amide bonds.